The van der Waals surface area contributed by atoms with E-state index < -0.39 is 0 Å². The normalized spacial score (nSPS) is 11.4. The molecule has 8 nitrogen and oxygen atoms in total. The lowest BCUT2D eigenvalue weighted by atomic mass is 10.1. The Morgan fingerprint density at radius 2 is 1.89 bits per heavy atom. The van der Waals surface area contributed by atoms with Crippen molar-refractivity contribution < 1.29 is 4.52 Å². The first-order valence-electron chi connectivity index (χ1n) is 8.48. The van der Waals surface area contributed by atoms with Crippen molar-refractivity contribution >= 4 is 17.1 Å². The minimum Gasteiger partial charge on any atom is -0.337 e. The maximum atomic E-state index is 12.7. The molecule has 4 rings (SSSR count). The Kier molecular flexibility index (Phi) is 4.49. The lowest BCUT2D eigenvalue weighted by Gasteiger charge is -2.02. The van der Waals surface area contributed by atoms with Gasteiger partial charge in [-0.05, 0) is 38.0 Å². The first kappa shape index (κ1) is 17.4. The van der Waals surface area contributed by atoms with Crippen molar-refractivity contribution in [1.29, 1.82) is 0 Å². The third kappa shape index (κ3) is 3.48. The second kappa shape index (κ2) is 6.96. The first-order chi connectivity index (χ1) is 13.0. The van der Waals surface area contributed by atoms with Crippen LogP contribution in [0.5, 0.6) is 0 Å². The van der Waals surface area contributed by atoms with Gasteiger partial charge in [0.25, 0.3) is 5.56 Å². The lowest BCUT2D eigenvalue weighted by molar-refractivity contribution is 0.364. The van der Waals surface area contributed by atoms with Crippen molar-refractivity contribution in [3.05, 3.63) is 74.8 Å². The Morgan fingerprint density at radius 1 is 1.11 bits per heavy atom. The third-order valence-corrected chi connectivity index (χ3v) is 4.58. The first-order valence-corrected chi connectivity index (χ1v) is 8.86. The molecule has 0 saturated heterocycles. The van der Waals surface area contributed by atoms with E-state index in [0.29, 0.717) is 40.2 Å². The van der Waals surface area contributed by atoms with Crippen LogP contribution in [0.4, 0.5) is 0 Å². The van der Waals surface area contributed by atoms with Crippen LogP contribution in [0.3, 0.4) is 0 Å². The number of imidazole rings is 1. The average Bonchev–Trinajstić information content (AvgIpc) is 3.21. The Hall–Kier alpha value is -3.00. The second-order valence-electron chi connectivity index (χ2n) is 6.30. The monoisotopic (exact) mass is 384 g/mol. The molecule has 3 aromatic heterocycles. The molecule has 0 radical (unpaired) electrons. The molecule has 0 spiro atoms. The predicted molar refractivity (Wildman–Crippen MR) is 99.0 cm³/mol. The number of nitrogens with zero attached hydrogens (tertiary/aromatic N) is 6. The predicted octanol–water partition coefficient (Wildman–Crippen LogP) is 2.38. The molecule has 0 atom stereocenters. The van der Waals surface area contributed by atoms with Crippen LogP contribution in [-0.4, -0.2) is 29.3 Å². The fraction of sp³-hybridized carbons (Fsp3) is 0.278. The van der Waals surface area contributed by atoms with Gasteiger partial charge in [0, 0.05) is 11.4 Å². The van der Waals surface area contributed by atoms with Gasteiger partial charge in [0.1, 0.15) is 18.7 Å². The molecule has 0 aliphatic rings. The molecule has 4 aromatic rings. The molecule has 3 heterocycles. The Labute approximate surface area is 159 Å². The highest BCUT2D eigenvalue weighted by atomic mass is 35.5. The van der Waals surface area contributed by atoms with Crippen LogP contribution in [-0.2, 0) is 19.4 Å². The molecule has 0 saturated carbocycles. The molecule has 0 unspecified atom stereocenters. The van der Waals surface area contributed by atoms with E-state index in [9.17, 15) is 4.79 Å². The number of hydrogen-bond acceptors (Lipinski definition) is 6. The maximum absolute atomic E-state index is 12.7. The van der Waals surface area contributed by atoms with E-state index in [4.69, 9.17) is 16.1 Å². The van der Waals surface area contributed by atoms with Crippen LogP contribution in [0, 0.1) is 13.8 Å². The van der Waals surface area contributed by atoms with Gasteiger partial charge in [0.2, 0.25) is 5.89 Å². The molecule has 0 amide bonds. The molecule has 0 aliphatic carbocycles. The van der Waals surface area contributed by atoms with Crippen molar-refractivity contribution in [2.75, 3.05) is 0 Å². The van der Waals surface area contributed by atoms with Gasteiger partial charge < -0.3 is 4.52 Å². The van der Waals surface area contributed by atoms with Crippen LogP contribution in [0.25, 0.3) is 5.52 Å². The van der Waals surface area contributed by atoms with Crippen molar-refractivity contribution in [1.82, 2.24) is 29.3 Å². The Balaban J connectivity index is 1.50. The summed E-state index contributed by atoms with van der Waals surface area (Å²) in [7, 11) is 0. The van der Waals surface area contributed by atoms with E-state index in [1.165, 1.54) is 10.9 Å². The number of rotatable bonds is 5. The molecule has 0 bridgehead atoms. The fourth-order valence-electron chi connectivity index (χ4n) is 2.97. The third-order valence-electron chi connectivity index (χ3n) is 4.33. The van der Waals surface area contributed by atoms with Crippen molar-refractivity contribution in [3.63, 3.8) is 0 Å². The summed E-state index contributed by atoms with van der Waals surface area (Å²) in [6, 6.07) is 7.65. The fourth-order valence-corrected chi connectivity index (χ4v) is 3.09. The highest BCUT2D eigenvalue weighted by Crippen LogP contribution is 2.12. The molecule has 9 heteroatoms. The molecular formula is C18H17ClN6O2. The van der Waals surface area contributed by atoms with Crippen molar-refractivity contribution in [2.45, 2.75) is 33.2 Å². The highest BCUT2D eigenvalue weighted by molar-refractivity contribution is 6.30. The molecular weight excluding hydrogens is 368 g/mol. The zero-order valence-electron chi connectivity index (χ0n) is 14.9. The zero-order chi connectivity index (χ0) is 19.0. The summed E-state index contributed by atoms with van der Waals surface area (Å²) in [5.74, 6) is 1.63. The van der Waals surface area contributed by atoms with Crippen molar-refractivity contribution in [2.24, 2.45) is 0 Å². The van der Waals surface area contributed by atoms with Crippen molar-refractivity contribution in [3.8, 4) is 0 Å². The summed E-state index contributed by atoms with van der Waals surface area (Å²) in [4.78, 5) is 21.3. The summed E-state index contributed by atoms with van der Waals surface area (Å²) in [5, 5.41) is 8.97. The summed E-state index contributed by atoms with van der Waals surface area (Å²) >= 11 is 5.89. The quantitative estimate of drug-likeness (QED) is 0.524. The van der Waals surface area contributed by atoms with Gasteiger partial charge in [-0.25, -0.2) is 9.50 Å². The van der Waals surface area contributed by atoms with Gasteiger partial charge in [-0.15, -0.1) is 0 Å². The van der Waals surface area contributed by atoms with E-state index in [1.54, 1.807) is 11.4 Å². The van der Waals surface area contributed by atoms with Gasteiger partial charge in [0.05, 0.1) is 5.69 Å². The smallest absolute Gasteiger partial charge is 0.280 e. The standard InChI is InChI=1S/C18H17ClN6O2/c1-11-17-18(26)24(10-20-25(17)12(2)21-11)9-16-22-15(23-27-16)8-5-13-3-6-14(19)7-4-13/h3-4,6-7,10H,5,8-9H2,1-2H3. The van der Waals surface area contributed by atoms with Gasteiger partial charge in [-0.3, -0.25) is 9.36 Å². The van der Waals surface area contributed by atoms with Crippen LogP contribution in [0.2, 0.25) is 5.02 Å². The van der Waals surface area contributed by atoms with Gasteiger partial charge in [-0.2, -0.15) is 10.1 Å². The Bertz CT molecular complexity index is 1160. The molecule has 1 aromatic carbocycles. The molecule has 0 aliphatic heterocycles. The van der Waals surface area contributed by atoms with E-state index in [2.05, 4.69) is 20.2 Å². The molecule has 138 valence electrons. The number of aromatic nitrogens is 6. The summed E-state index contributed by atoms with van der Waals surface area (Å²) in [6.07, 6.45) is 2.87. The lowest BCUT2D eigenvalue weighted by Crippen LogP contribution is -2.24. The topological polar surface area (TPSA) is 91.1 Å². The van der Waals surface area contributed by atoms with Crippen LogP contribution in [0.1, 0.15) is 28.8 Å². The average molecular weight is 385 g/mol. The van der Waals surface area contributed by atoms with Gasteiger partial charge in [-0.1, -0.05) is 28.9 Å². The number of fused-ring (bicyclic) bond motifs is 1. The molecule has 0 fully saturated rings. The second-order valence-corrected chi connectivity index (χ2v) is 6.74. The Morgan fingerprint density at radius 3 is 2.67 bits per heavy atom. The summed E-state index contributed by atoms with van der Waals surface area (Å²) in [5.41, 5.74) is 2.05. The van der Waals surface area contributed by atoms with Crippen LogP contribution in [0.15, 0.2) is 39.9 Å². The number of hydrogen-bond donors (Lipinski definition) is 0. The van der Waals surface area contributed by atoms with Gasteiger partial charge in [0.15, 0.2) is 11.3 Å². The maximum Gasteiger partial charge on any atom is 0.280 e. The number of aryl methyl sites for hydroxylation is 4. The van der Waals surface area contributed by atoms with Crippen LogP contribution < -0.4 is 5.56 Å². The minimum atomic E-state index is -0.191. The van der Waals surface area contributed by atoms with E-state index in [1.807, 2.05) is 31.2 Å². The number of benzene rings is 1. The minimum absolute atomic E-state index is 0.167. The largest absolute Gasteiger partial charge is 0.337 e. The van der Waals surface area contributed by atoms with E-state index in [0.717, 1.165) is 12.0 Å². The molecule has 27 heavy (non-hydrogen) atoms. The van der Waals surface area contributed by atoms with Gasteiger partial charge >= 0.3 is 0 Å². The van der Waals surface area contributed by atoms with E-state index >= 15 is 0 Å². The summed E-state index contributed by atoms with van der Waals surface area (Å²) in [6.45, 7) is 3.76. The SMILES string of the molecule is Cc1nc(C)n2ncn(Cc3nc(CCc4ccc(Cl)cc4)no3)c(=O)c12. The number of halogens is 1. The van der Waals surface area contributed by atoms with E-state index in [-0.39, 0.29) is 12.1 Å². The highest BCUT2D eigenvalue weighted by Gasteiger charge is 2.14. The zero-order valence-corrected chi connectivity index (χ0v) is 15.6. The summed E-state index contributed by atoms with van der Waals surface area (Å²) < 4.78 is 8.27. The molecule has 0 N–H and O–H groups in total. The van der Waals surface area contributed by atoms with Crippen LogP contribution >= 0.6 is 11.6 Å².